The fourth-order valence-corrected chi connectivity index (χ4v) is 3.05. The molecule has 0 atom stereocenters. The van der Waals surface area contributed by atoms with Crippen LogP contribution in [0.3, 0.4) is 0 Å². The molecule has 0 amide bonds. The summed E-state index contributed by atoms with van der Waals surface area (Å²) in [7, 11) is 3.79. The summed E-state index contributed by atoms with van der Waals surface area (Å²) in [5, 5.41) is 1.82. The lowest BCUT2D eigenvalue weighted by Gasteiger charge is -2.05. The Morgan fingerprint density at radius 2 is 1.62 bits per heavy atom. The van der Waals surface area contributed by atoms with Crippen LogP contribution >= 0.6 is 0 Å². The van der Waals surface area contributed by atoms with E-state index in [1.54, 1.807) is 11.6 Å². The van der Waals surface area contributed by atoms with Crippen molar-refractivity contribution in [2.75, 3.05) is 0 Å². The van der Waals surface area contributed by atoms with Crippen molar-refractivity contribution >= 4 is 34.0 Å². The van der Waals surface area contributed by atoms with Gasteiger partial charge in [0.15, 0.2) is 0 Å². The summed E-state index contributed by atoms with van der Waals surface area (Å²) in [4.78, 5) is 17.1. The van der Waals surface area contributed by atoms with Gasteiger partial charge in [-0.1, -0.05) is 30.3 Å². The lowest BCUT2D eigenvalue weighted by atomic mass is 10.1. The predicted molar refractivity (Wildman–Crippen MR) is 98.8 cm³/mol. The molecule has 0 saturated carbocycles. The van der Waals surface area contributed by atoms with E-state index in [-0.39, 0.29) is 5.56 Å². The van der Waals surface area contributed by atoms with Crippen LogP contribution in [-0.4, -0.2) is 14.1 Å². The number of hydrogen-bond acceptors (Lipinski definition) is 2. The van der Waals surface area contributed by atoms with Crippen LogP contribution in [0.15, 0.2) is 59.5 Å². The molecule has 4 heteroatoms. The van der Waals surface area contributed by atoms with Crippen LogP contribution in [0.25, 0.3) is 34.0 Å². The van der Waals surface area contributed by atoms with Gasteiger partial charge in [0, 0.05) is 36.8 Å². The van der Waals surface area contributed by atoms with Crippen LogP contribution in [0.1, 0.15) is 11.4 Å². The first-order valence-electron chi connectivity index (χ1n) is 7.83. The van der Waals surface area contributed by atoms with Crippen LogP contribution in [-0.2, 0) is 14.1 Å². The Bertz CT molecular complexity index is 1150. The summed E-state index contributed by atoms with van der Waals surface area (Å²) in [6, 6.07) is 15.7. The molecule has 0 fully saturated rings. The Balaban J connectivity index is 1.85. The minimum absolute atomic E-state index is 0.0295. The molecule has 0 unspecified atom stereocenters. The minimum atomic E-state index is -0.0295. The highest BCUT2D eigenvalue weighted by molar-refractivity contribution is 5.92. The van der Waals surface area contributed by atoms with E-state index in [1.807, 2.05) is 55.6 Å². The molecule has 0 radical (unpaired) electrons. The van der Waals surface area contributed by atoms with Crippen molar-refractivity contribution in [2.45, 2.75) is 0 Å². The van der Waals surface area contributed by atoms with Gasteiger partial charge >= 0.3 is 0 Å². The molecule has 0 aliphatic carbocycles. The highest BCUT2D eigenvalue weighted by Gasteiger charge is 2.06. The van der Waals surface area contributed by atoms with Crippen molar-refractivity contribution < 1.29 is 0 Å². The van der Waals surface area contributed by atoms with Crippen LogP contribution < -0.4 is 5.56 Å². The number of aryl methyl sites for hydroxylation is 1. The molecule has 2 heterocycles. The van der Waals surface area contributed by atoms with Crippen molar-refractivity contribution in [1.29, 1.82) is 0 Å². The van der Waals surface area contributed by atoms with E-state index >= 15 is 0 Å². The number of nitrogens with zero attached hydrogens (tertiary/aromatic N) is 3. The van der Waals surface area contributed by atoms with Gasteiger partial charge in [0.25, 0.3) is 5.56 Å². The first kappa shape index (κ1) is 14.5. The smallest absolute Gasteiger partial charge is 0.261 e. The van der Waals surface area contributed by atoms with Gasteiger partial charge in [-0.05, 0) is 30.4 Å². The van der Waals surface area contributed by atoms with Gasteiger partial charge in [-0.2, -0.15) is 0 Å². The van der Waals surface area contributed by atoms with Crippen molar-refractivity contribution in [3.8, 4) is 0 Å². The second-order valence-corrected chi connectivity index (χ2v) is 5.90. The zero-order valence-corrected chi connectivity index (χ0v) is 13.6. The molecule has 0 bridgehead atoms. The lowest BCUT2D eigenvalue weighted by molar-refractivity contribution is 0.828. The normalized spacial score (nSPS) is 11.8. The van der Waals surface area contributed by atoms with Gasteiger partial charge in [-0.15, -0.1) is 0 Å². The molecule has 0 N–H and O–H groups in total. The summed E-state index contributed by atoms with van der Waals surface area (Å²) < 4.78 is 3.69. The van der Waals surface area contributed by atoms with Gasteiger partial charge in [0.1, 0.15) is 5.82 Å². The molecule has 4 aromatic rings. The highest BCUT2D eigenvalue weighted by atomic mass is 16.1. The average Bonchev–Trinajstić information content (AvgIpc) is 2.93. The number of rotatable bonds is 2. The maximum Gasteiger partial charge on any atom is 0.261 e. The topological polar surface area (TPSA) is 39.8 Å². The van der Waals surface area contributed by atoms with Crippen molar-refractivity contribution in [3.63, 3.8) is 0 Å². The van der Waals surface area contributed by atoms with Crippen molar-refractivity contribution in [2.24, 2.45) is 14.1 Å². The first-order valence-corrected chi connectivity index (χ1v) is 7.83. The van der Waals surface area contributed by atoms with Crippen LogP contribution in [0.2, 0.25) is 0 Å². The van der Waals surface area contributed by atoms with E-state index in [1.165, 1.54) is 10.9 Å². The molecule has 0 aliphatic rings. The molecule has 2 aromatic carbocycles. The SMILES string of the molecule is Cn1c(/C=C/c2cn(C)c3ccccc23)nc2ccccc2c1=O. The summed E-state index contributed by atoms with van der Waals surface area (Å²) in [5.74, 6) is 0.645. The molecule has 0 saturated heterocycles. The number of hydrogen-bond donors (Lipinski definition) is 0. The molecule has 118 valence electrons. The van der Waals surface area contributed by atoms with E-state index in [0.29, 0.717) is 11.2 Å². The van der Waals surface area contributed by atoms with Gasteiger partial charge < -0.3 is 4.57 Å². The van der Waals surface area contributed by atoms with E-state index in [0.717, 1.165) is 11.1 Å². The Kier molecular flexibility index (Phi) is 3.31. The number of aromatic nitrogens is 3. The molecule has 0 aliphatic heterocycles. The van der Waals surface area contributed by atoms with Gasteiger partial charge in [-0.25, -0.2) is 4.98 Å². The van der Waals surface area contributed by atoms with E-state index in [4.69, 9.17) is 0 Å². The summed E-state index contributed by atoms with van der Waals surface area (Å²) in [5.41, 5.74) is 2.98. The van der Waals surface area contributed by atoms with Crippen LogP contribution in [0.5, 0.6) is 0 Å². The molecule has 24 heavy (non-hydrogen) atoms. The predicted octanol–water partition coefficient (Wildman–Crippen LogP) is 3.60. The minimum Gasteiger partial charge on any atom is -0.350 e. The van der Waals surface area contributed by atoms with Gasteiger partial charge in [-0.3, -0.25) is 9.36 Å². The Morgan fingerprint density at radius 1 is 0.917 bits per heavy atom. The van der Waals surface area contributed by atoms with Crippen molar-refractivity contribution in [3.05, 3.63) is 76.5 Å². The number of para-hydroxylation sites is 2. The fourth-order valence-electron chi connectivity index (χ4n) is 3.05. The molecule has 4 rings (SSSR count). The van der Waals surface area contributed by atoms with Gasteiger partial charge in [0.2, 0.25) is 0 Å². The Morgan fingerprint density at radius 3 is 2.46 bits per heavy atom. The summed E-state index contributed by atoms with van der Waals surface area (Å²) >= 11 is 0. The third kappa shape index (κ3) is 2.24. The molecule has 0 spiro atoms. The molecule has 4 nitrogen and oxygen atoms in total. The summed E-state index contributed by atoms with van der Waals surface area (Å²) in [6.07, 6.45) is 5.99. The van der Waals surface area contributed by atoms with Gasteiger partial charge in [0.05, 0.1) is 10.9 Å². The third-order valence-electron chi connectivity index (χ3n) is 4.36. The Hall–Kier alpha value is -3.14. The second kappa shape index (κ2) is 5.49. The lowest BCUT2D eigenvalue weighted by Crippen LogP contribution is -2.20. The van der Waals surface area contributed by atoms with Crippen LogP contribution in [0, 0.1) is 0 Å². The standard InChI is InChI=1S/C20H17N3O/c1-22-13-14(15-7-4-6-10-18(15)22)11-12-19-21-17-9-5-3-8-16(17)20(24)23(19)2/h3-13H,1-2H3/b12-11+. The van der Waals surface area contributed by atoms with Crippen molar-refractivity contribution in [1.82, 2.24) is 14.1 Å². The average molecular weight is 315 g/mol. The van der Waals surface area contributed by atoms with E-state index in [9.17, 15) is 4.79 Å². The van der Waals surface area contributed by atoms with E-state index < -0.39 is 0 Å². The fraction of sp³-hybridized carbons (Fsp3) is 0.100. The second-order valence-electron chi connectivity index (χ2n) is 5.90. The maximum atomic E-state index is 12.5. The maximum absolute atomic E-state index is 12.5. The first-order chi connectivity index (χ1) is 11.6. The summed E-state index contributed by atoms with van der Waals surface area (Å²) in [6.45, 7) is 0. The molecular weight excluding hydrogens is 298 g/mol. The van der Waals surface area contributed by atoms with Crippen LogP contribution in [0.4, 0.5) is 0 Å². The number of fused-ring (bicyclic) bond motifs is 2. The Labute approximate surface area is 139 Å². The van der Waals surface area contributed by atoms with E-state index in [2.05, 4.69) is 27.9 Å². The zero-order valence-electron chi connectivity index (χ0n) is 13.6. The number of benzene rings is 2. The highest BCUT2D eigenvalue weighted by Crippen LogP contribution is 2.22. The monoisotopic (exact) mass is 315 g/mol. The molecule has 2 aromatic heterocycles. The third-order valence-corrected chi connectivity index (χ3v) is 4.36. The zero-order chi connectivity index (χ0) is 16.7. The largest absolute Gasteiger partial charge is 0.350 e. The molecular formula is C20H17N3O. The quantitative estimate of drug-likeness (QED) is 0.567.